The van der Waals surface area contributed by atoms with Crippen LogP contribution in [0.1, 0.15) is 5.76 Å². The van der Waals surface area contributed by atoms with E-state index in [0.717, 1.165) is 5.69 Å². The van der Waals surface area contributed by atoms with Gasteiger partial charge in [-0.15, -0.1) is 5.10 Å². The molecule has 0 saturated heterocycles. The minimum Gasteiger partial charge on any atom is -0.459 e. The number of ether oxygens (including phenoxy) is 1. The second kappa shape index (κ2) is 4.14. The van der Waals surface area contributed by atoms with Crippen LogP contribution in [0.25, 0.3) is 0 Å². The molecule has 0 amide bonds. The first-order valence-corrected chi connectivity index (χ1v) is 5.49. The molecule has 3 rings (SSSR count). The van der Waals surface area contributed by atoms with Gasteiger partial charge in [-0.25, -0.2) is 5.01 Å². The number of benzene rings is 1. The Balaban J connectivity index is 1.85. The first-order chi connectivity index (χ1) is 8.33. The molecule has 0 bridgehead atoms. The van der Waals surface area contributed by atoms with E-state index in [4.69, 9.17) is 20.8 Å². The lowest BCUT2D eigenvalue weighted by molar-refractivity contribution is 0.330. The Kier molecular flexibility index (Phi) is 2.49. The van der Waals surface area contributed by atoms with Crippen LogP contribution in [0.4, 0.5) is 5.69 Å². The zero-order chi connectivity index (χ0) is 11.7. The van der Waals surface area contributed by atoms with Gasteiger partial charge in [-0.1, -0.05) is 11.6 Å². The van der Waals surface area contributed by atoms with Crippen molar-refractivity contribution in [1.29, 1.82) is 0 Å². The molecule has 1 aliphatic rings. The highest BCUT2D eigenvalue weighted by Crippen LogP contribution is 2.22. The molecular weight excluding hydrogens is 240 g/mol. The van der Waals surface area contributed by atoms with E-state index in [2.05, 4.69) is 5.10 Å². The number of hydrazone groups is 1. The summed E-state index contributed by atoms with van der Waals surface area (Å²) in [6.07, 6.45) is 1.59. The Labute approximate surface area is 103 Å². The van der Waals surface area contributed by atoms with Crippen LogP contribution >= 0.6 is 11.6 Å². The van der Waals surface area contributed by atoms with Crippen molar-refractivity contribution in [2.24, 2.45) is 5.10 Å². The van der Waals surface area contributed by atoms with Crippen molar-refractivity contribution >= 4 is 23.2 Å². The SMILES string of the molecule is Clc1ccc(N2COC(c3ccco3)=N2)cc1. The molecule has 17 heavy (non-hydrogen) atoms. The zero-order valence-electron chi connectivity index (χ0n) is 8.84. The van der Waals surface area contributed by atoms with E-state index in [1.165, 1.54) is 0 Å². The van der Waals surface area contributed by atoms with Gasteiger partial charge in [0.05, 0.1) is 12.0 Å². The third-order valence-electron chi connectivity index (χ3n) is 2.39. The Hall–Kier alpha value is -1.94. The second-order valence-electron chi connectivity index (χ2n) is 3.53. The standard InChI is InChI=1S/C12H9ClN2O2/c13-9-3-5-10(6-4-9)15-8-17-12(14-15)11-2-1-7-16-11/h1-7H,8H2. The Bertz CT molecular complexity index is 534. The molecule has 0 aliphatic carbocycles. The summed E-state index contributed by atoms with van der Waals surface area (Å²) in [5.74, 6) is 1.12. The predicted molar refractivity (Wildman–Crippen MR) is 65.1 cm³/mol. The fourth-order valence-electron chi connectivity index (χ4n) is 1.56. The van der Waals surface area contributed by atoms with Crippen molar-refractivity contribution in [3.8, 4) is 0 Å². The lowest BCUT2D eigenvalue weighted by Gasteiger charge is -2.10. The summed E-state index contributed by atoms with van der Waals surface area (Å²) in [5, 5.41) is 6.76. The van der Waals surface area contributed by atoms with Crippen LogP contribution < -0.4 is 5.01 Å². The lowest BCUT2D eigenvalue weighted by Crippen LogP contribution is -2.12. The number of nitrogens with zero attached hydrogens (tertiary/aromatic N) is 2. The van der Waals surface area contributed by atoms with Gasteiger partial charge in [0.2, 0.25) is 0 Å². The van der Waals surface area contributed by atoms with Gasteiger partial charge in [0.25, 0.3) is 5.90 Å². The molecule has 0 spiro atoms. The molecule has 0 N–H and O–H groups in total. The van der Waals surface area contributed by atoms with Crippen LogP contribution in [0.3, 0.4) is 0 Å². The number of furan rings is 1. The predicted octanol–water partition coefficient (Wildman–Crippen LogP) is 3.09. The largest absolute Gasteiger partial charge is 0.459 e. The molecule has 1 aromatic carbocycles. The van der Waals surface area contributed by atoms with Gasteiger partial charge in [-0.05, 0) is 36.4 Å². The van der Waals surface area contributed by atoms with Crippen molar-refractivity contribution in [1.82, 2.24) is 0 Å². The monoisotopic (exact) mass is 248 g/mol. The van der Waals surface area contributed by atoms with Gasteiger partial charge in [0, 0.05) is 5.02 Å². The minimum absolute atomic E-state index is 0.373. The number of hydrogen-bond donors (Lipinski definition) is 0. The van der Waals surface area contributed by atoms with Crippen LogP contribution in [0.2, 0.25) is 5.02 Å². The van der Waals surface area contributed by atoms with Gasteiger partial charge >= 0.3 is 0 Å². The van der Waals surface area contributed by atoms with Crippen LogP contribution in [0, 0.1) is 0 Å². The van der Waals surface area contributed by atoms with Gasteiger partial charge in [-0.3, -0.25) is 0 Å². The summed E-state index contributed by atoms with van der Waals surface area (Å²) < 4.78 is 10.7. The average molecular weight is 249 g/mol. The van der Waals surface area contributed by atoms with Crippen LogP contribution in [0.15, 0.2) is 52.2 Å². The lowest BCUT2D eigenvalue weighted by atomic mass is 10.3. The third kappa shape index (κ3) is 1.99. The Morgan fingerprint density at radius 2 is 2.00 bits per heavy atom. The molecule has 86 valence electrons. The normalized spacial score (nSPS) is 14.6. The summed E-state index contributed by atoms with van der Waals surface area (Å²) in [5.41, 5.74) is 0.927. The van der Waals surface area contributed by atoms with Crippen molar-refractivity contribution < 1.29 is 9.15 Å². The van der Waals surface area contributed by atoms with Crippen molar-refractivity contribution in [2.45, 2.75) is 0 Å². The maximum absolute atomic E-state index is 5.83. The molecule has 0 atom stereocenters. The molecule has 1 aromatic heterocycles. The first-order valence-electron chi connectivity index (χ1n) is 5.11. The smallest absolute Gasteiger partial charge is 0.276 e. The molecule has 0 radical (unpaired) electrons. The minimum atomic E-state index is 0.373. The second-order valence-corrected chi connectivity index (χ2v) is 3.97. The summed E-state index contributed by atoms with van der Waals surface area (Å²) in [4.78, 5) is 0. The molecule has 5 heteroatoms. The van der Waals surface area contributed by atoms with Gasteiger partial charge < -0.3 is 9.15 Å². The highest BCUT2D eigenvalue weighted by molar-refractivity contribution is 6.30. The highest BCUT2D eigenvalue weighted by Gasteiger charge is 2.20. The number of halogens is 1. The van der Waals surface area contributed by atoms with Gasteiger partial charge in [0.15, 0.2) is 12.5 Å². The number of rotatable bonds is 2. The number of hydrogen-bond acceptors (Lipinski definition) is 4. The van der Waals surface area contributed by atoms with Crippen molar-refractivity contribution in [2.75, 3.05) is 11.7 Å². The maximum Gasteiger partial charge on any atom is 0.276 e. The molecule has 0 saturated carbocycles. The Morgan fingerprint density at radius 3 is 2.71 bits per heavy atom. The highest BCUT2D eigenvalue weighted by atomic mass is 35.5. The quantitative estimate of drug-likeness (QED) is 0.820. The fourth-order valence-corrected chi connectivity index (χ4v) is 1.68. The van der Waals surface area contributed by atoms with Gasteiger partial charge in [0.1, 0.15) is 0 Å². The molecule has 2 heterocycles. The van der Waals surface area contributed by atoms with Crippen LogP contribution in [-0.4, -0.2) is 12.6 Å². The molecule has 0 unspecified atom stereocenters. The van der Waals surface area contributed by atoms with E-state index in [1.54, 1.807) is 17.3 Å². The summed E-state index contributed by atoms with van der Waals surface area (Å²) >= 11 is 5.83. The zero-order valence-corrected chi connectivity index (χ0v) is 9.59. The number of anilines is 1. The van der Waals surface area contributed by atoms with E-state index in [-0.39, 0.29) is 0 Å². The Morgan fingerprint density at radius 1 is 1.18 bits per heavy atom. The molecule has 4 nitrogen and oxygen atoms in total. The average Bonchev–Trinajstić information content (AvgIpc) is 3.00. The van der Waals surface area contributed by atoms with Crippen LogP contribution in [0.5, 0.6) is 0 Å². The van der Waals surface area contributed by atoms with Gasteiger partial charge in [-0.2, -0.15) is 0 Å². The maximum atomic E-state index is 5.83. The third-order valence-corrected chi connectivity index (χ3v) is 2.64. The molecule has 0 fully saturated rings. The molecule has 2 aromatic rings. The van der Waals surface area contributed by atoms with E-state index in [9.17, 15) is 0 Å². The summed E-state index contributed by atoms with van der Waals surface area (Å²) in [7, 11) is 0. The summed E-state index contributed by atoms with van der Waals surface area (Å²) in [6, 6.07) is 11.0. The first kappa shape index (κ1) is 10.2. The topological polar surface area (TPSA) is 38.0 Å². The van der Waals surface area contributed by atoms with E-state index < -0.39 is 0 Å². The van der Waals surface area contributed by atoms with E-state index >= 15 is 0 Å². The van der Waals surface area contributed by atoms with E-state index in [1.807, 2.05) is 30.3 Å². The van der Waals surface area contributed by atoms with Crippen molar-refractivity contribution in [3.63, 3.8) is 0 Å². The summed E-state index contributed by atoms with van der Waals surface area (Å²) in [6.45, 7) is 0.373. The molecule has 1 aliphatic heterocycles. The molecular formula is C12H9ClN2O2. The fraction of sp³-hybridized carbons (Fsp3) is 0.0833. The van der Waals surface area contributed by atoms with E-state index in [0.29, 0.717) is 23.4 Å². The van der Waals surface area contributed by atoms with Crippen molar-refractivity contribution in [3.05, 3.63) is 53.4 Å². The van der Waals surface area contributed by atoms with Crippen LogP contribution in [-0.2, 0) is 4.74 Å².